The van der Waals surface area contributed by atoms with Crippen molar-refractivity contribution in [3.63, 3.8) is 0 Å². The van der Waals surface area contributed by atoms with Crippen LogP contribution in [0.1, 0.15) is 25.7 Å². The molecule has 1 aromatic heterocycles. The molecule has 5 heteroatoms. The van der Waals surface area contributed by atoms with Gasteiger partial charge in [0.2, 0.25) is 0 Å². The van der Waals surface area contributed by atoms with Gasteiger partial charge < -0.3 is 10.3 Å². The van der Waals surface area contributed by atoms with Crippen LogP contribution in [0.2, 0.25) is 0 Å². The number of rotatable bonds is 2. The number of nitrogens with zero attached hydrogens (tertiary/aromatic N) is 3. The highest BCUT2D eigenvalue weighted by molar-refractivity contribution is 9.10. The smallest absolute Gasteiger partial charge is 0.164 e. The highest BCUT2D eigenvalue weighted by Gasteiger charge is 2.13. The minimum Gasteiger partial charge on any atom is -0.398 e. The predicted octanol–water partition coefficient (Wildman–Crippen LogP) is 3.18. The first-order valence-electron chi connectivity index (χ1n) is 5.47. The second kappa shape index (κ2) is 4.49. The number of nitrogen functional groups attached to an aromatic ring is 1. The summed E-state index contributed by atoms with van der Waals surface area (Å²) in [6.45, 7) is 6.18. The lowest BCUT2D eigenvalue weighted by atomic mass is 10.2. The van der Waals surface area contributed by atoms with Crippen molar-refractivity contribution in [1.29, 1.82) is 0 Å². The Morgan fingerprint density at radius 3 is 2.59 bits per heavy atom. The fourth-order valence-corrected chi connectivity index (χ4v) is 2.11. The van der Waals surface area contributed by atoms with Crippen molar-refractivity contribution in [3.05, 3.63) is 28.5 Å². The van der Waals surface area contributed by atoms with Crippen molar-refractivity contribution in [2.45, 2.75) is 26.8 Å². The first-order valence-corrected chi connectivity index (χ1v) is 6.27. The maximum Gasteiger partial charge on any atom is 0.164 e. The van der Waals surface area contributed by atoms with E-state index >= 15 is 0 Å². The number of hydrogen-bond acceptors (Lipinski definition) is 3. The Morgan fingerprint density at radius 2 is 2.00 bits per heavy atom. The molecule has 0 radical (unpaired) electrons. The lowest BCUT2D eigenvalue weighted by molar-refractivity contribution is 0.587. The van der Waals surface area contributed by atoms with E-state index in [1.807, 2.05) is 25.1 Å². The SMILES string of the molecule is Cc1nnc(-c2ccc(Br)c(N)c2)n1C(C)C. The number of anilines is 1. The van der Waals surface area contributed by atoms with Crippen molar-refractivity contribution >= 4 is 21.6 Å². The quantitative estimate of drug-likeness (QED) is 0.866. The second-order valence-electron chi connectivity index (χ2n) is 4.27. The van der Waals surface area contributed by atoms with Crippen LogP contribution in [0, 0.1) is 6.92 Å². The van der Waals surface area contributed by atoms with Gasteiger partial charge in [-0.2, -0.15) is 0 Å². The number of aromatic nitrogens is 3. The topological polar surface area (TPSA) is 56.7 Å². The maximum atomic E-state index is 5.89. The Morgan fingerprint density at radius 1 is 1.29 bits per heavy atom. The highest BCUT2D eigenvalue weighted by atomic mass is 79.9. The summed E-state index contributed by atoms with van der Waals surface area (Å²) in [6.07, 6.45) is 0. The van der Waals surface area contributed by atoms with Crippen molar-refractivity contribution < 1.29 is 0 Å². The Balaban J connectivity index is 2.56. The zero-order chi connectivity index (χ0) is 12.6. The van der Waals surface area contributed by atoms with Gasteiger partial charge in [-0.3, -0.25) is 0 Å². The molecular weight excluding hydrogens is 280 g/mol. The van der Waals surface area contributed by atoms with Gasteiger partial charge in [0.15, 0.2) is 5.82 Å². The Kier molecular flexibility index (Phi) is 3.19. The number of nitrogens with two attached hydrogens (primary N) is 1. The zero-order valence-electron chi connectivity index (χ0n) is 10.1. The third-order valence-corrected chi connectivity index (χ3v) is 3.36. The van der Waals surface area contributed by atoms with Gasteiger partial charge in [0.1, 0.15) is 5.82 Å². The Hall–Kier alpha value is -1.36. The second-order valence-corrected chi connectivity index (χ2v) is 5.13. The fraction of sp³-hybridized carbons (Fsp3) is 0.333. The van der Waals surface area contributed by atoms with E-state index in [9.17, 15) is 0 Å². The van der Waals surface area contributed by atoms with Gasteiger partial charge >= 0.3 is 0 Å². The van der Waals surface area contributed by atoms with Crippen LogP contribution in [0.4, 0.5) is 5.69 Å². The normalized spacial score (nSPS) is 11.1. The average molecular weight is 295 g/mol. The van der Waals surface area contributed by atoms with Gasteiger partial charge in [-0.25, -0.2) is 0 Å². The molecule has 1 heterocycles. The zero-order valence-corrected chi connectivity index (χ0v) is 11.7. The molecule has 0 fully saturated rings. The molecule has 2 aromatic rings. The van der Waals surface area contributed by atoms with Gasteiger partial charge in [0, 0.05) is 21.8 Å². The van der Waals surface area contributed by atoms with Crippen LogP contribution in [0.5, 0.6) is 0 Å². The summed E-state index contributed by atoms with van der Waals surface area (Å²) < 4.78 is 3.00. The monoisotopic (exact) mass is 294 g/mol. The summed E-state index contributed by atoms with van der Waals surface area (Å²) in [6, 6.07) is 6.15. The predicted molar refractivity (Wildman–Crippen MR) is 72.7 cm³/mol. The lowest BCUT2D eigenvalue weighted by Crippen LogP contribution is -2.05. The molecule has 0 aliphatic rings. The minimum atomic E-state index is 0.324. The average Bonchev–Trinajstić information content (AvgIpc) is 2.64. The molecule has 1 aromatic carbocycles. The number of halogens is 1. The molecule has 0 aliphatic heterocycles. The van der Waals surface area contributed by atoms with Crippen molar-refractivity contribution in [2.24, 2.45) is 0 Å². The molecule has 0 saturated heterocycles. The van der Waals surface area contributed by atoms with Gasteiger partial charge in [-0.1, -0.05) is 0 Å². The minimum absolute atomic E-state index is 0.324. The molecule has 0 bridgehead atoms. The van der Waals surface area contributed by atoms with E-state index in [0.717, 1.165) is 21.7 Å². The van der Waals surface area contributed by atoms with E-state index < -0.39 is 0 Å². The van der Waals surface area contributed by atoms with Crippen molar-refractivity contribution in [3.8, 4) is 11.4 Å². The number of benzene rings is 1. The van der Waals surface area contributed by atoms with E-state index in [-0.39, 0.29) is 0 Å². The standard InChI is InChI=1S/C12H15BrN4/c1-7(2)17-8(3)15-16-12(17)9-4-5-10(13)11(14)6-9/h4-7H,14H2,1-3H3. The summed E-state index contributed by atoms with van der Waals surface area (Å²) in [5.74, 6) is 1.77. The third-order valence-electron chi connectivity index (χ3n) is 2.64. The van der Waals surface area contributed by atoms with E-state index in [1.54, 1.807) is 0 Å². The molecule has 2 N–H and O–H groups in total. The molecule has 17 heavy (non-hydrogen) atoms. The molecule has 4 nitrogen and oxygen atoms in total. The highest BCUT2D eigenvalue weighted by Crippen LogP contribution is 2.27. The molecule has 2 rings (SSSR count). The van der Waals surface area contributed by atoms with Gasteiger partial charge in [0.25, 0.3) is 0 Å². The first kappa shape index (κ1) is 12.1. The van der Waals surface area contributed by atoms with Crippen LogP contribution in [-0.2, 0) is 0 Å². The molecule has 0 spiro atoms. The molecule has 0 unspecified atom stereocenters. The van der Waals surface area contributed by atoms with Crippen LogP contribution >= 0.6 is 15.9 Å². The number of hydrogen-bond donors (Lipinski definition) is 1. The number of aryl methyl sites for hydroxylation is 1. The maximum absolute atomic E-state index is 5.89. The van der Waals surface area contributed by atoms with Crippen molar-refractivity contribution in [1.82, 2.24) is 14.8 Å². The van der Waals surface area contributed by atoms with Crippen LogP contribution in [0.15, 0.2) is 22.7 Å². The van der Waals surface area contributed by atoms with Crippen molar-refractivity contribution in [2.75, 3.05) is 5.73 Å². The Labute approximate surface area is 109 Å². The molecule has 90 valence electrons. The van der Waals surface area contributed by atoms with E-state index in [1.165, 1.54) is 0 Å². The van der Waals surface area contributed by atoms with Gasteiger partial charge in [0.05, 0.1) is 0 Å². The lowest BCUT2D eigenvalue weighted by Gasteiger charge is -2.12. The summed E-state index contributed by atoms with van der Waals surface area (Å²) in [4.78, 5) is 0. The molecule has 0 atom stereocenters. The largest absolute Gasteiger partial charge is 0.398 e. The van der Waals surface area contributed by atoms with Crippen LogP contribution in [0.3, 0.4) is 0 Å². The van der Waals surface area contributed by atoms with E-state index in [0.29, 0.717) is 11.7 Å². The van der Waals surface area contributed by atoms with Gasteiger partial charge in [-0.05, 0) is 54.9 Å². The van der Waals surface area contributed by atoms with Crippen LogP contribution < -0.4 is 5.73 Å². The first-order chi connectivity index (χ1) is 8.00. The van der Waals surface area contributed by atoms with E-state index in [2.05, 4.69) is 44.5 Å². The summed E-state index contributed by atoms with van der Waals surface area (Å²) in [5, 5.41) is 8.35. The molecule has 0 saturated carbocycles. The van der Waals surface area contributed by atoms with E-state index in [4.69, 9.17) is 5.73 Å². The fourth-order valence-electron chi connectivity index (χ4n) is 1.87. The van der Waals surface area contributed by atoms with Gasteiger partial charge in [-0.15, -0.1) is 10.2 Å². The third kappa shape index (κ3) is 2.20. The van der Waals surface area contributed by atoms with Crippen LogP contribution in [0.25, 0.3) is 11.4 Å². The van der Waals surface area contributed by atoms with Crippen LogP contribution in [-0.4, -0.2) is 14.8 Å². The molecule has 0 aliphatic carbocycles. The summed E-state index contributed by atoms with van der Waals surface area (Å²) in [7, 11) is 0. The molecule has 0 amide bonds. The summed E-state index contributed by atoms with van der Waals surface area (Å²) >= 11 is 3.39. The molecular formula is C12H15BrN4. The Bertz CT molecular complexity index is 545. The summed E-state index contributed by atoms with van der Waals surface area (Å²) in [5.41, 5.74) is 7.58.